The van der Waals surface area contributed by atoms with Gasteiger partial charge in [-0.1, -0.05) is 24.3 Å². The van der Waals surface area contributed by atoms with Gasteiger partial charge >= 0.3 is 51.4 Å². The largest absolute Gasteiger partial charge is 1.00 e. The van der Waals surface area contributed by atoms with E-state index in [-0.39, 0.29) is 149 Å². The number of carbonyl (C=O) groups is 6. The molecule has 1 aromatic heterocycles. The van der Waals surface area contributed by atoms with Crippen molar-refractivity contribution in [3.05, 3.63) is 61.1 Å². The van der Waals surface area contributed by atoms with Crippen LogP contribution in [0.5, 0.6) is 0 Å². The van der Waals surface area contributed by atoms with Gasteiger partial charge in [-0.3, -0.25) is 34.1 Å². The van der Waals surface area contributed by atoms with Gasteiger partial charge in [-0.15, -0.1) is 0 Å². The molecule has 0 aromatic carbocycles. The maximum Gasteiger partial charge on any atom is 1.00 e. The third-order valence-corrected chi connectivity index (χ3v) is 6.97. The van der Waals surface area contributed by atoms with E-state index in [4.69, 9.17) is 9.47 Å². The third kappa shape index (κ3) is 5.68. The average molecular weight is 536 g/mol. The van der Waals surface area contributed by atoms with Gasteiger partial charge in [0.1, 0.15) is 11.6 Å². The summed E-state index contributed by atoms with van der Waals surface area (Å²) in [6.07, 6.45) is 13.1. The number of nitrogens with one attached hydrogen (secondary N) is 1. The van der Waals surface area contributed by atoms with Crippen LogP contribution >= 0.6 is 0 Å². The van der Waals surface area contributed by atoms with Crippen molar-refractivity contribution in [1.29, 1.82) is 0 Å². The van der Waals surface area contributed by atoms with Crippen molar-refractivity contribution in [2.24, 2.45) is 23.7 Å². The Morgan fingerprint density at radius 1 is 0.622 bits per heavy atom. The molecule has 4 bridgehead atoms. The first-order chi connectivity index (χ1) is 17.3. The van der Waals surface area contributed by atoms with Crippen LogP contribution in [0.4, 0.5) is 0 Å². The second-order valence-electron chi connectivity index (χ2n) is 9.20. The Labute approximate surface area is 255 Å². The number of hydrogen-bond acceptors (Lipinski definition) is 9. The summed E-state index contributed by atoms with van der Waals surface area (Å²) in [6, 6.07) is 3.67. The van der Waals surface area contributed by atoms with Crippen molar-refractivity contribution in [3.8, 4) is 0 Å². The zero-order valence-electron chi connectivity index (χ0n) is 20.0. The van der Waals surface area contributed by atoms with Crippen molar-refractivity contribution in [2.45, 2.75) is 37.3 Å². The molecule has 8 unspecified atom stereocenters. The molecule has 2 aliphatic carbocycles. The molecule has 8 atom stereocenters. The first-order valence-electron chi connectivity index (χ1n) is 11.6. The smallest absolute Gasteiger partial charge is 0.473 e. The van der Waals surface area contributed by atoms with Gasteiger partial charge in [-0.05, 0) is 24.3 Å². The molecule has 5 aliphatic heterocycles. The molecule has 2 amide bonds. The summed E-state index contributed by atoms with van der Waals surface area (Å²) in [4.78, 5) is 65.4. The van der Waals surface area contributed by atoms with Crippen LogP contribution in [0.15, 0.2) is 65.5 Å². The monoisotopic (exact) mass is 535 g/mol. The van der Waals surface area contributed by atoms with Gasteiger partial charge < -0.3 is 13.9 Å². The van der Waals surface area contributed by atoms with Gasteiger partial charge in [0, 0.05) is 1.43 Å². The van der Waals surface area contributed by atoms with E-state index in [9.17, 15) is 28.8 Å². The number of imide groups is 1. The number of fused-ring (bicyclic) bond motifs is 10. The molecule has 37 heavy (non-hydrogen) atoms. The third-order valence-electron chi connectivity index (χ3n) is 6.97. The minimum Gasteiger partial charge on any atom is -0.473 e. The van der Waals surface area contributed by atoms with E-state index in [1.165, 1.54) is 12.2 Å². The van der Waals surface area contributed by atoms with Gasteiger partial charge in [0.25, 0.3) is 0 Å². The number of amides is 2. The molecule has 1 N–H and O–H groups in total. The molecule has 7 aliphatic rings. The Morgan fingerprint density at radius 3 is 1.35 bits per heavy atom. The molecule has 0 radical (unpaired) electrons. The molecular formula is C26H25KNO9+. The number of carbonyl (C=O) groups excluding carboxylic acids is 6. The van der Waals surface area contributed by atoms with Crippen LogP contribution in [0.25, 0.3) is 0 Å². The molecule has 1 saturated carbocycles. The number of ketones is 4. The number of furan rings is 1. The standard InChI is InChI=1S/C9H8O3.C8H7NO3.C5H4O2.C4H4O.K.H2/c10-4-3-5(11)9-7-2-1-6(12-7)8(4)9;10-7-5-3-1-2-4(12-3)6(5)8(11)9-7;6-4-1-2-5(7)3-4;1-2-4-5-3-1;;/h1-2,6-9H,3H2;1-6H,(H,9,10,11);1-2H,3H2;1-4H;;1H/q;;;;+1;/i;;;;;1+1. The molecule has 6 heterocycles. The summed E-state index contributed by atoms with van der Waals surface area (Å²) < 4.78 is 15.4. The quantitative estimate of drug-likeness (QED) is 0.171. The average Bonchev–Trinajstić information content (AvgIpc) is 3.69. The van der Waals surface area contributed by atoms with Crippen LogP contribution in [0.1, 0.15) is 14.3 Å². The van der Waals surface area contributed by atoms with Gasteiger partial charge in [-0.25, -0.2) is 0 Å². The molecule has 11 heteroatoms. The van der Waals surface area contributed by atoms with Crippen molar-refractivity contribution in [1.82, 2.24) is 5.32 Å². The zero-order valence-corrected chi connectivity index (χ0v) is 23.1. The first-order valence-corrected chi connectivity index (χ1v) is 11.6. The number of allylic oxidation sites excluding steroid dienone is 2. The van der Waals surface area contributed by atoms with E-state index in [1.54, 1.807) is 12.5 Å². The molecule has 0 spiro atoms. The van der Waals surface area contributed by atoms with E-state index in [2.05, 4.69) is 9.73 Å². The van der Waals surface area contributed by atoms with E-state index >= 15 is 0 Å². The molecule has 4 fully saturated rings. The van der Waals surface area contributed by atoms with Crippen molar-refractivity contribution >= 4 is 34.9 Å². The predicted octanol–water partition coefficient (Wildman–Crippen LogP) is -2.08. The van der Waals surface area contributed by atoms with Crippen LogP contribution in [-0.2, 0) is 38.2 Å². The molecule has 10 nitrogen and oxygen atoms in total. The van der Waals surface area contributed by atoms with Crippen molar-refractivity contribution < 1.29 is 95.5 Å². The topological polar surface area (TPSA) is 146 Å². The summed E-state index contributed by atoms with van der Waals surface area (Å²) in [5.74, 6) is -1.18. The van der Waals surface area contributed by atoms with E-state index in [0.29, 0.717) is 0 Å². The summed E-state index contributed by atoms with van der Waals surface area (Å²) in [7, 11) is 0. The predicted molar refractivity (Wildman–Crippen MR) is 122 cm³/mol. The minimum atomic E-state index is -0.257. The number of ether oxygens (including phenoxy) is 2. The Kier molecular flexibility index (Phi) is 8.84. The normalized spacial score (nSPS) is 36.2. The van der Waals surface area contributed by atoms with Gasteiger partial charge in [0.2, 0.25) is 11.8 Å². The zero-order chi connectivity index (χ0) is 25.4. The van der Waals surface area contributed by atoms with Gasteiger partial charge in [0.15, 0.2) is 11.6 Å². The summed E-state index contributed by atoms with van der Waals surface area (Å²) >= 11 is 0. The summed E-state index contributed by atoms with van der Waals surface area (Å²) in [5, 5.41) is 2.32. The first kappa shape index (κ1) is 27.9. The van der Waals surface area contributed by atoms with Crippen LogP contribution in [-0.4, -0.2) is 59.4 Å². The van der Waals surface area contributed by atoms with Crippen molar-refractivity contribution in [3.63, 3.8) is 0 Å². The van der Waals surface area contributed by atoms with E-state index in [1.807, 2.05) is 36.4 Å². The number of rotatable bonds is 0. The number of hydrogen-bond donors (Lipinski definition) is 1. The van der Waals surface area contributed by atoms with Crippen LogP contribution < -0.4 is 56.7 Å². The SMILES string of the molecule is O=C1C=CC(=O)C1.O=C1CC(=O)C2C3C=CC(O3)C12.O=C1NC(=O)C2C3C=CC(O3)C12.[2HH].[K+].c1ccoc1. The fourth-order valence-electron chi connectivity index (χ4n) is 5.41. The molecule has 1 aromatic rings. The maximum atomic E-state index is 11.3. The second-order valence-corrected chi connectivity index (χ2v) is 9.20. The Hall–Kier alpha value is -2.12. The minimum absolute atomic E-state index is 0. The molecule has 3 saturated heterocycles. The Balaban J connectivity index is 0.000000145. The Bertz CT molecular complexity index is 1060. The molecule has 188 valence electrons. The van der Waals surface area contributed by atoms with Gasteiger partial charge in [-0.2, -0.15) is 0 Å². The molecule has 8 rings (SSSR count). The summed E-state index contributed by atoms with van der Waals surface area (Å²) in [5.41, 5.74) is 0. The van der Waals surface area contributed by atoms with Gasteiger partial charge in [0.05, 0.1) is 73.5 Å². The fraction of sp³-hybridized carbons (Fsp3) is 0.385. The summed E-state index contributed by atoms with van der Waals surface area (Å²) in [6.45, 7) is 0. The van der Waals surface area contributed by atoms with E-state index in [0.717, 1.165) is 0 Å². The van der Waals surface area contributed by atoms with E-state index < -0.39 is 0 Å². The maximum absolute atomic E-state index is 11.3. The Morgan fingerprint density at radius 2 is 1.03 bits per heavy atom. The van der Waals surface area contributed by atoms with Crippen LogP contribution in [0.2, 0.25) is 0 Å². The van der Waals surface area contributed by atoms with Crippen LogP contribution in [0.3, 0.4) is 0 Å². The number of Topliss-reactive ketones (excluding diaryl/α,β-unsaturated/α-hetero) is 2. The fourth-order valence-corrected chi connectivity index (χ4v) is 5.41. The van der Waals surface area contributed by atoms with Crippen LogP contribution in [0, 0.1) is 23.7 Å². The second kappa shape index (κ2) is 11.7. The van der Waals surface area contributed by atoms with Crippen molar-refractivity contribution in [2.75, 3.05) is 0 Å². The molecular weight excluding hydrogens is 509 g/mol.